The zero-order valence-electron chi connectivity index (χ0n) is 20.1. The summed E-state index contributed by atoms with van der Waals surface area (Å²) in [5.74, 6) is -4.38. The maximum absolute atomic E-state index is 13.6. The van der Waals surface area contributed by atoms with E-state index in [1.807, 2.05) is 0 Å². The van der Waals surface area contributed by atoms with Gasteiger partial charge in [-0.2, -0.15) is 13.2 Å². The lowest BCUT2D eigenvalue weighted by molar-refractivity contribution is -0.138. The Kier molecular flexibility index (Phi) is 9.91. The van der Waals surface area contributed by atoms with Crippen molar-refractivity contribution < 1.29 is 50.9 Å². The van der Waals surface area contributed by atoms with E-state index in [1.54, 1.807) is 0 Å². The average Bonchev–Trinajstić information content (AvgIpc) is 2.83. The van der Waals surface area contributed by atoms with Gasteiger partial charge >= 0.3 is 18.1 Å². The summed E-state index contributed by atoms with van der Waals surface area (Å²) in [4.78, 5) is 33.7. The predicted octanol–water partition coefficient (Wildman–Crippen LogP) is 5.10. The third-order valence-corrected chi connectivity index (χ3v) is 5.07. The van der Waals surface area contributed by atoms with Crippen LogP contribution < -0.4 is 10.5 Å². The number of Topliss-reactive ketones (excluding diaryl/α,β-unsaturated/α-hetero) is 1. The molecule has 0 amide bonds. The summed E-state index contributed by atoms with van der Waals surface area (Å²) >= 11 is 0. The van der Waals surface area contributed by atoms with E-state index in [9.17, 15) is 36.3 Å². The number of benzene rings is 3. The third-order valence-electron chi connectivity index (χ3n) is 5.07. The molecule has 0 aliphatic rings. The zero-order valence-corrected chi connectivity index (χ0v) is 20.1. The van der Waals surface area contributed by atoms with Crippen molar-refractivity contribution in [2.24, 2.45) is 0 Å². The van der Waals surface area contributed by atoms with Crippen LogP contribution in [0.5, 0.6) is 5.75 Å². The fourth-order valence-corrected chi connectivity index (χ4v) is 3.25. The van der Waals surface area contributed by atoms with Gasteiger partial charge in [0.15, 0.2) is 0 Å². The number of ether oxygens (including phenoxy) is 2. The molecule has 3 N–H and O–H groups in total. The van der Waals surface area contributed by atoms with Crippen molar-refractivity contribution in [1.29, 1.82) is 0 Å². The Morgan fingerprint density at radius 1 is 0.868 bits per heavy atom. The number of carbonyl (C=O) groups excluding carboxylic acids is 2. The van der Waals surface area contributed by atoms with Crippen LogP contribution in [0.1, 0.15) is 37.4 Å². The lowest BCUT2D eigenvalue weighted by Gasteiger charge is -2.14. The number of nitrogens with two attached hydrogens (primary N) is 1. The van der Waals surface area contributed by atoms with E-state index in [-0.39, 0.29) is 34.5 Å². The van der Waals surface area contributed by atoms with Gasteiger partial charge in [-0.3, -0.25) is 4.79 Å². The van der Waals surface area contributed by atoms with Gasteiger partial charge < -0.3 is 20.3 Å². The number of methoxy groups -OCH3 is 2. The van der Waals surface area contributed by atoms with Gasteiger partial charge in [0, 0.05) is 18.5 Å². The number of ketones is 1. The Balaban J connectivity index is 0.000000352. The molecule has 0 fully saturated rings. The van der Waals surface area contributed by atoms with Gasteiger partial charge in [-0.05, 0) is 53.6 Å². The molecular formula is C26H22F5NO6. The molecule has 0 aromatic heterocycles. The molecule has 0 saturated carbocycles. The lowest BCUT2D eigenvalue weighted by Crippen LogP contribution is -2.14. The number of esters is 1. The molecule has 0 spiro atoms. The molecule has 0 aliphatic carbocycles. The second-order valence-corrected chi connectivity index (χ2v) is 7.76. The molecule has 0 unspecified atom stereocenters. The fraction of sp³-hybridized carbons (Fsp3) is 0.192. The number of halogens is 5. The fourth-order valence-electron chi connectivity index (χ4n) is 3.25. The summed E-state index contributed by atoms with van der Waals surface area (Å²) in [5.41, 5.74) is 3.89. The SMILES string of the molecule is COC(=O)c1ccc(N)cc1F.COc1ccc(CC(=O)Cc2ccc(C(=O)O)c(F)c2)c(C(F)(F)F)c1. The van der Waals surface area contributed by atoms with E-state index in [1.165, 1.54) is 38.5 Å². The minimum Gasteiger partial charge on any atom is -0.497 e. The molecule has 3 aromatic carbocycles. The standard InChI is InChI=1S/C18H14F4O4.C8H8FNO2/c1-26-13-4-3-11(15(9-13)18(20,21)22)8-12(23)6-10-2-5-14(17(24)25)16(19)7-10;1-12-8(11)6-3-2-5(10)4-7(6)9/h2-5,7,9H,6,8H2,1H3,(H,24,25);2-4H,10H2,1H3. The summed E-state index contributed by atoms with van der Waals surface area (Å²) in [6.45, 7) is 0. The van der Waals surface area contributed by atoms with Gasteiger partial charge in [-0.15, -0.1) is 0 Å². The van der Waals surface area contributed by atoms with Gasteiger partial charge in [0.05, 0.1) is 30.9 Å². The summed E-state index contributed by atoms with van der Waals surface area (Å²) in [6.07, 6.45) is -5.47. The van der Waals surface area contributed by atoms with E-state index in [4.69, 9.17) is 15.6 Å². The summed E-state index contributed by atoms with van der Waals surface area (Å²) in [7, 11) is 2.42. The van der Waals surface area contributed by atoms with E-state index in [0.717, 1.165) is 30.3 Å². The highest BCUT2D eigenvalue weighted by Gasteiger charge is 2.34. The number of aromatic carboxylic acids is 1. The Hall–Kier alpha value is -4.48. The van der Waals surface area contributed by atoms with Crippen LogP contribution in [-0.4, -0.2) is 37.0 Å². The van der Waals surface area contributed by atoms with Gasteiger partial charge in [0.2, 0.25) is 0 Å². The van der Waals surface area contributed by atoms with Crippen LogP contribution in [-0.2, 0) is 28.5 Å². The molecule has 7 nitrogen and oxygen atoms in total. The van der Waals surface area contributed by atoms with Crippen molar-refractivity contribution in [3.05, 3.63) is 94.0 Å². The first-order valence-electron chi connectivity index (χ1n) is 10.7. The Bertz CT molecular complexity index is 1340. The number of alkyl halides is 3. The first-order chi connectivity index (χ1) is 17.8. The maximum atomic E-state index is 13.6. The number of rotatable bonds is 7. The van der Waals surface area contributed by atoms with Crippen LogP contribution >= 0.6 is 0 Å². The van der Waals surface area contributed by atoms with Gasteiger partial charge in [-0.1, -0.05) is 12.1 Å². The van der Waals surface area contributed by atoms with Crippen molar-refractivity contribution in [3.63, 3.8) is 0 Å². The molecule has 0 bridgehead atoms. The number of anilines is 1. The van der Waals surface area contributed by atoms with Crippen LogP contribution in [0.25, 0.3) is 0 Å². The highest BCUT2D eigenvalue weighted by molar-refractivity contribution is 5.90. The van der Waals surface area contributed by atoms with Crippen molar-refractivity contribution in [2.75, 3.05) is 20.0 Å². The van der Waals surface area contributed by atoms with Gasteiger partial charge in [0.25, 0.3) is 0 Å². The lowest BCUT2D eigenvalue weighted by atomic mass is 9.97. The zero-order chi connectivity index (χ0) is 28.6. The van der Waals surface area contributed by atoms with Crippen molar-refractivity contribution >= 4 is 23.4 Å². The predicted molar refractivity (Wildman–Crippen MR) is 126 cm³/mol. The molecule has 0 atom stereocenters. The van der Waals surface area contributed by atoms with E-state index in [2.05, 4.69) is 4.74 Å². The van der Waals surface area contributed by atoms with Gasteiger partial charge in [-0.25, -0.2) is 18.4 Å². The van der Waals surface area contributed by atoms with Crippen LogP contribution in [0.15, 0.2) is 54.6 Å². The number of hydrogen-bond donors (Lipinski definition) is 2. The second kappa shape index (κ2) is 12.7. The molecule has 0 heterocycles. The molecule has 202 valence electrons. The van der Waals surface area contributed by atoms with Crippen molar-refractivity contribution in [2.45, 2.75) is 19.0 Å². The normalized spacial score (nSPS) is 10.7. The first kappa shape index (κ1) is 29.7. The quantitative estimate of drug-likeness (QED) is 0.244. The van der Waals surface area contributed by atoms with Crippen LogP contribution in [0.3, 0.4) is 0 Å². The topological polar surface area (TPSA) is 116 Å². The molecular weight excluding hydrogens is 517 g/mol. The van der Waals surface area contributed by atoms with E-state index >= 15 is 0 Å². The monoisotopic (exact) mass is 539 g/mol. The molecule has 38 heavy (non-hydrogen) atoms. The first-order valence-corrected chi connectivity index (χ1v) is 10.7. The summed E-state index contributed by atoms with van der Waals surface area (Å²) in [5, 5.41) is 8.76. The average molecular weight is 539 g/mol. The molecule has 3 rings (SSSR count). The summed E-state index contributed by atoms with van der Waals surface area (Å²) in [6, 6.07) is 10.2. The molecule has 0 saturated heterocycles. The Morgan fingerprint density at radius 2 is 1.50 bits per heavy atom. The highest BCUT2D eigenvalue weighted by atomic mass is 19.4. The van der Waals surface area contributed by atoms with E-state index in [0.29, 0.717) is 0 Å². The van der Waals surface area contributed by atoms with Crippen molar-refractivity contribution in [1.82, 2.24) is 0 Å². The van der Waals surface area contributed by atoms with Crippen LogP contribution in [0, 0.1) is 11.6 Å². The number of nitrogen functional groups attached to an aromatic ring is 1. The number of carboxylic acid groups (broad SMARTS) is 1. The number of carboxylic acids is 1. The van der Waals surface area contributed by atoms with Crippen LogP contribution in [0.2, 0.25) is 0 Å². The minimum atomic E-state index is -4.65. The van der Waals surface area contributed by atoms with Crippen LogP contribution in [0.4, 0.5) is 27.6 Å². The number of hydrogen-bond acceptors (Lipinski definition) is 6. The van der Waals surface area contributed by atoms with E-state index < -0.39 is 53.1 Å². The Labute approximate surface area is 213 Å². The number of carbonyl (C=O) groups is 3. The Morgan fingerprint density at radius 3 is 2.03 bits per heavy atom. The summed E-state index contributed by atoms with van der Waals surface area (Å²) < 4.78 is 75.1. The highest BCUT2D eigenvalue weighted by Crippen LogP contribution is 2.34. The second-order valence-electron chi connectivity index (χ2n) is 7.76. The minimum absolute atomic E-state index is 0.0138. The smallest absolute Gasteiger partial charge is 0.416 e. The van der Waals surface area contributed by atoms with Crippen molar-refractivity contribution in [3.8, 4) is 5.75 Å². The molecule has 3 aromatic rings. The largest absolute Gasteiger partial charge is 0.497 e. The maximum Gasteiger partial charge on any atom is 0.416 e. The third kappa shape index (κ3) is 8.02. The molecule has 0 radical (unpaired) electrons. The van der Waals surface area contributed by atoms with Gasteiger partial charge in [0.1, 0.15) is 23.2 Å². The molecule has 0 aliphatic heterocycles. The molecule has 12 heteroatoms.